The van der Waals surface area contributed by atoms with Gasteiger partial charge in [-0.05, 0) is 58.5 Å². The molecule has 0 heterocycles. The summed E-state index contributed by atoms with van der Waals surface area (Å²) in [5, 5.41) is 4.29. The molecule has 96 valence electrons. The number of nitrogens with one attached hydrogen (secondary N) is 1. The summed E-state index contributed by atoms with van der Waals surface area (Å²) in [5.41, 5.74) is 1.23. The van der Waals surface area contributed by atoms with Crippen molar-refractivity contribution in [3.63, 3.8) is 0 Å². The van der Waals surface area contributed by atoms with Crippen LogP contribution >= 0.6 is 39.3 Å². The molecule has 1 rings (SSSR count). The highest BCUT2D eigenvalue weighted by molar-refractivity contribution is 9.10. The second-order valence-electron chi connectivity index (χ2n) is 4.02. The molecule has 0 aliphatic rings. The van der Waals surface area contributed by atoms with Gasteiger partial charge in [0.25, 0.3) is 0 Å². The second-order valence-corrected chi connectivity index (χ2v) is 6.67. The Morgan fingerprint density at radius 2 is 2.24 bits per heavy atom. The molecule has 1 N–H and O–H groups in total. The molecule has 0 aliphatic carbocycles. The van der Waals surface area contributed by atoms with Gasteiger partial charge in [-0.25, -0.2) is 0 Å². The molecule has 4 heteroatoms. The van der Waals surface area contributed by atoms with Gasteiger partial charge in [0.2, 0.25) is 0 Å². The first-order chi connectivity index (χ1) is 8.13. The SMILES string of the molecule is CCSCCC(C)NCc1ccc(Br)c(Cl)c1. The minimum absolute atomic E-state index is 0.552. The number of benzene rings is 1. The van der Waals surface area contributed by atoms with Crippen molar-refractivity contribution in [2.24, 2.45) is 0 Å². The van der Waals surface area contributed by atoms with Gasteiger partial charge >= 0.3 is 0 Å². The monoisotopic (exact) mass is 335 g/mol. The van der Waals surface area contributed by atoms with E-state index in [4.69, 9.17) is 11.6 Å². The zero-order valence-corrected chi connectivity index (χ0v) is 13.5. The van der Waals surface area contributed by atoms with E-state index in [9.17, 15) is 0 Å². The Morgan fingerprint density at radius 1 is 1.47 bits per heavy atom. The van der Waals surface area contributed by atoms with Crippen molar-refractivity contribution in [2.75, 3.05) is 11.5 Å². The molecule has 1 aromatic rings. The molecule has 17 heavy (non-hydrogen) atoms. The van der Waals surface area contributed by atoms with Crippen molar-refractivity contribution in [1.82, 2.24) is 5.32 Å². The van der Waals surface area contributed by atoms with Crippen LogP contribution in [0.3, 0.4) is 0 Å². The summed E-state index contributed by atoms with van der Waals surface area (Å²) in [7, 11) is 0. The van der Waals surface area contributed by atoms with Gasteiger partial charge in [-0.2, -0.15) is 11.8 Å². The van der Waals surface area contributed by atoms with Crippen molar-refractivity contribution in [2.45, 2.75) is 32.9 Å². The molecule has 1 aromatic carbocycles. The summed E-state index contributed by atoms with van der Waals surface area (Å²) >= 11 is 11.4. The Bertz CT molecular complexity index is 346. The first-order valence-corrected chi connectivity index (χ1v) is 8.21. The molecule has 0 fully saturated rings. The van der Waals surface area contributed by atoms with Gasteiger partial charge in [0.1, 0.15) is 0 Å². The first-order valence-electron chi connectivity index (χ1n) is 5.88. The maximum atomic E-state index is 6.05. The van der Waals surface area contributed by atoms with E-state index in [-0.39, 0.29) is 0 Å². The van der Waals surface area contributed by atoms with Crippen molar-refractivity contribution >= 4 is 39.3 Å². The van der Waals surface area contributed by atoms with Gasteiger partial charge in [-0.3, -0.25) is 0 Å². The van der Waals surface area contributed by atoms with Crippen LogP contribution in [0.15, 0.2) is 22.7 Å². The lowest BCUT2D eigenvalue weighted by Crippen LogP contribution is -2.26. The van der Waals surface area contributed by atoms with E-state index in [1.54, 1.807) is 0 Å². The van der Waals surface area contributed by atoms with Crippen LogP contribution < -0.4 is 5.32 Å². The van der Waals surface area contributed by atoms with Crippen LogP contribution in [0.1, 0.15) is 25.8 Å². The molecular formula is C13H19BrClNS. The van der Waals surface area contributed by atoms with Crippen molar-refractivity contribution in [3.8, 4) is 0 Å². The highest BCUT2D eigenvalue weighted by Crippen LogP contribution is 2.23. The van der Waals surface area contributed by atoms with E-state index >= 15 is 0 Å². The minimum Gasteiger partial charge on any atom is -0.310 e. The summed E-state index contributed by atoms with van der Waals surface area (Å²) < 4.78 is 0.954. The molecule has 1 atom stereocenters. The maximum Gasteiger partial charge on any atom is 0.0551 e. The summed E-state index contributed by atoms with van der Waals surface area (Å²) in [6.45, 7) is 5.31. The predicted octanol–water partition coefficient (Wildman–Crippen LogP) is 4.72. The summed E-state index contributed by atoms with van der Waals surface area (Å²) in [6.07, 6.45) is 1.21. The highest BCUT2D eigenvalue weighted by atomic mass is 79.9. The number of halogens is 2. The Labute approximate surface area is 122 Å². The van der Waals surface area contributed by atoms with Gasteiger partial charge in [-0.1, -0.05) is 24.6 Å². The third-order valence-electron chi connectivity index (χ3n) is 2.54. The Balaban J connectivity index is 2.31. The lowest BCUT2D eigenvalue weighted by molar-refractivity contribution is 0.537. The van der Waals surface area contributed by atoms with Gasteiger partial charge in [-0.15, -0.1) is 0 Å². The average molecular weight is 337 g/mol. The van der Waals surface area contributed by atoms with Crippen LogP contribution in [0.5, 0.6) is 0 Å². The van der Waals surface area contributed by atoms with Gasteiger partial charge in [0.05, 0.1) is 5.02 Å². The fraction of sp³-hybridized carbons (Fsp3) is 0.538. The summed E-state index contributed by atoms with van der Waals surface area (Å²) in [4.78, 5) is 0. The minimum atomic E-state index is 0.552. The van der Waals surface area contributed by atoms with Crippen LogP contribution in [0.2, 0.25) is 5.02 Å². The third-order valence-corrected chi connectivity index (χ3v) is 4.70. The van der Waals surface area contributed by atoms with Crippen LogP contribution in [-0.4, -0.2) is 17.5 Å². The molecule has 0 saturated heterocycles. The van der Waals surface area contributed by atoms with Crippen LogP contribution in [0.4, 0.5) is 0 Å². The maximum absolute atomic E-state index is 6.05. The molecular weight excluding hydrogens is 318 g/mol. The Hall–Kier alpha value is 0.300. The van der Waals surface area contributed by atoms with E-state index in [0.717, 1.165) is 16.0 Å². The summed E-state index contributed by atoms with van der Waals surface area (Å²) in [5.74, 6) is 2.43. The van der Waals surface area contributed by atoms with E-state index in [1.165, 1.54) is 23.5 Å². The van der Waals surface area contributed by atoms with Crippen LogP contribution in [0, 0.1) is 0 Å². The quantitative estimate of drug-likeness (QED) is 0.723. The predicted molar refractivity (Wildman–Crippen MR) is 83.1 cm³/mol. The fourth-order valence-corrected chi connectivity index (χ4v) is 2.71. The Kier molecular flexibility index (Phi) is 7.60. The van der Waals surface area contributed by atoms with Gasteiger partial charge < -0.3 is 5.32 Å². The number of rotatable bonds is 7. The standard InChI is InChI=1S/C13H19BrClNS/c1-3-17-7-6-10(2)16-9-11-4-5-12(14)13(15)8-11/h4-5,8,10,16H,3,6-7,9H2,1-2H3. The van der Waals surface area contributed by atoms with Crippen LogP contribution in [0.25, 0.3) is 0 Å². The molecule has 0 aliphatic heterocycles. The van der Waals surface area contributed by atoms with Crippen molar-refractivity contribution < 1.29 is 0 Å². The number of hydrogen-bond donors (Lipinski definition) is 1. The molecule has 0 bridgehead atoms. The molecule has 0 aromatic heterocycles. The normalized spacial score (nSPS) is 12.7. The topological polar surface area (TPSA) is 12.0 Å². The average Bonchev–Trinajstić information content (AvgIpc) is 2.31. The zero-order chi connectivity index (χ0) is 12.7. The molecule has 0 saturated carbocycles. The third kappa shape index (κ3) is 6.14. The van der Waals surface area contributed by atoms with E-state index < -0.39 is 0 Å². The Morgan fingerprint density at radius 3 is 2.88 bits per heavy atom. The van der Waals surface area contributed by atoms with Crippen molar-refractivity contribution in [1.29, 1.82) is 0 Å². The highest BCUT2D eigenvalue weighted by Gasteiger charge is 2.03. The number of hydrogen-bond acceptors (Lipinski definition) is 2. The fourth-order valence-electron chi connectivity index (χ4n) is 1.45. The second kappa shape index (κ2) is 8.41. The molecule has 1 nitrogen and oxygen atoms in total. The number of thioether (sulfide) groups is 1. The molecule has 0 amide bonds. The van der Waals surface area contributed by atoms with Crippen LogP contribution in [-0.2, 0) is 6.54 Å². The van der Waals surface area contributed by atoms with E-state index in [0.29, 0.717) is 6.04 Å². The lowest BCUT2D eigenvalue weighted by Gasteiger charge is -2.13. The van der Waals surface area contributed by atoms with E-state index in [2.05, 4.69) is 41.2 Å². The molecule has 1 unspecified atom stereocenters. The lowest BCUT2D eigenvalue weighted by atomic mass is 10.2. The molecule has 0 radical (unpaired) electrons. The molecule has 0 spiro atoms. The largest absolute Gasteiger partial charge is 0.310 e. The first kappa shape index (κ1) is 15.4. The van der Waals surface area contributed by atoms with Gasteiger partial charge in [0.15, 0.2) is 0 Å². The van der Waals surface area contributed by atoms with Gasteiger partial charge in [0, 0.05) is 17.1 Å². The van der Waals surface area contributed by atoms with Crippen molar-refractivity contribution in [3.05, 3.63) is 33.3 Å². The smallest absolute Gasteiger partial charge is 0.0551 e. The zero-order valence-electron chi connectivity index (χ0n) is 10.3. The summed E-state index contributed by atoms with van der Waals surface area (Å²) in [6, 6.07) is 6.65. The van der Waals surface area contributed by atoms with E-state index in [1.807, 2.05) is 23.9 Å².